The largest absolute Gasteiger partial charge is 0.355 e. The maximum Gasteiger partial charge on any atom is 0.317 e. The van der Waals surface area contributed by atoms with Gasteiger partial charge in [-0.05, 0) is 54.8 Å². The first-order valence-corrected chi connectivity index (χ1v) is 17.6. The zero-order chi connectivity index (χ0) is 35.6. The van der Waals surface area contributed by atoms with Gasteiger partial charge in [0.15, 0.2) is 5.82 Å². The highest BCUT2D eigenvalue weighted by atomic mass is 35.5. The van der Waals surface area contributed by atoms with E-state index >= 15 is 0 Å². The second-order valence-corrected chi connectivity index (χ2v) is 14.0. The van der Waals surface area contributed by atoms with Gasteiger partial charge < -0.3 is 30.0 Å². The van der Waals surface area contributed by atoms with E-state index in [2.05, 4.69) is 25.5 Å². The number of halogens is 3. The molecule has 4 heterocycles. The molecule has 51 heavy (non-hydrogen) atoms. The number of carbonyl (C=O) groups excluding carboxylic acids is 2. The lowest BCUT2D eigenvalue weighted by molar-refractivity contribution is 0.102. The highest BCUT2D eigenvalue weighted by Crippen LogP contribution is 2.40. The molecule has 0 radical (unpaired) electrons. The summed E-state index contributed by atoms with van der Waals surface area (Å²) in [5.41, 5.74) is 5.46. The van der Waals surface area contributed by atoms with Gasteiger partial charge in [0, 0.05) is 76.5 Å². The molecule has 0 bridgehead atoms. The zero-order valence-electron chi connectivity index (χ0n) is 28.0. The Hall–Kier alpha value is -5.03. The average molecular weight is 742 g/mol. The summed E-state index contributed by atoms with van der Waals surface area (Å²) in [6.07, 6.45) is 4.98. The molecule has 0 saturated carbocycles. The standard InChI is InChI=1S/C38H35Cl3N8O2/c1-47(2)38(51)44-27-14-17-48(18-15-27)36-30(9-6-16-42-36)46-37(50)34-32(28-13-12-26(40)20-31(28)45-34)35-33(23-7-4-3-5-8-23)43-22-49(35)21-24-10-11-25(39)19-29(24)41/h3-13,16,19-20,22,27,45H,14-15,17-18,21H2,1-2H3,(H,44,51)(H,46,50). The van der Waals surface area contributed by atoms with Gasteiger partial charge in [-0.15, -0.1) is 0 Å². The van der Waals surface area contributed by atoms with Crippen molar-refractivity contribution in [2.75, 3.05) is 37.4 Å². The normalized spacial score (nSPS) is 13.4. The van der Waals surface area contributed by atoms with Gasteiger partial charge in [0.25, 0.3) is 5.91 Å². The van der Waals surface area contributed by atoms with E-state index in [0.717, 1.165) is 35.0 Å². The minimum atomic E-state index is -0.351. The number of rotatable bonds is 8. The van der Waals surface area contributed by atoms with Crippen molar-refractivity contribution in [1.82, 2.24) is 29.7 Å². The van der Waals surface area contributed by atoms with E-state index < -0.39 is 0 Å². The Morgan fingerprint density at radius 3 is 2.41 bits per heavy atom. The Kier molecular flexibility index (Phi) is 9.90. The number of hydrogen-bond donors (Lipinski definition) is 3. The molecule has 6 aromatic rings. The molecule has 3 N–H and O–H groups in total. The number of nitrogens with zero attached hydrogens (tertiary/aromatic N) is 5. The minimum absolute atomic E-state index is 0.0602. The molecule has 3 aromatic heterocycles. The number of amides is 3. The lowest BCUT2D eigenvalue weighted by Crippen LogP contribution is -2.47. The predicted octanol–water partition coefficient (Wildman–Crippen LogP) is 8.59. The van der Waals surface area contributed by atoms with Crippen molar-refractivity contribution in [3.63, 3.8) is 0 Å². The van der Waals surface area contributed by atoms with E-state index in [1.807, 2.05) is 65.2 Å². The molecule has 1 aliphatic rings. The van der Waals surface area contributed by atoms with Crippen LogP contribution >= 0.6 is 34.8 Å². The van der Waals surface area contributed by atoms with Crippen molar-refractivity contribution < 1.29 is 9.59 Å². The molecular formula is C38H35Cl3N8O2. The van der Waals surface area contributed by atoms with Gasteiger partial charge in [0.1, 0.15) is 5.69 Å². The number of urea groups is 1. The smallest absolute Gasteiger partial charge is 0.317 e. The second-order valence-electron chi connectivity index (χ2n) is 12.7. The molecule has 0 spiro atoms. The Morgan fingerprint density at radius 1 is 0.922 bits per heavy atom. The zero-order valence-corrected chi connectivity index (χ0v) is 30.2. The topological polar surface area (TPSA) is 111 Å². The maximum atomic E-state index is 14.5. The summed E-state index contributed by atoms with van der Waals surface area (Å²) in [5.74, 6) is 0.312. The number of piperidine rings is 1. The first-order chi connectivity index (χ1) is 24.7. The van der Waals surface area contributed by atoms with Crippen molar-refractivity contribution in [3.8, 4) is 22.5 Å². The minimum Gasteiger partial charge on any atom is -0.355 e. The Morgan fingerprint density at radius 2 is 1.67 bits per heavy atom. The fourth-order valence-corrected chi connectivity index (χ4v) is 7.10. The second kappa shape index (κ2) is 14.7. The first kappa shape index (κ1) is 34.4. The van der Waals surface area contributed by atoms with Gasteiger partial charge in [0.2, 0.25) is 0 Å². The Balaban J connectivity index is 1.28. The number of nitrogens with one attached hydrogen (secondary N) is 3. The van der Waals surface area contributed by atoms with Crippen molar-refractivity contribution >= 4 is 69.1 Å². The highest BCUT2D eigenvalue weighted by molar-refractivity contribution is 6.35. The third-order valence-corrected chi connectivity index (χ3v) is 9.85. The van der Waals surface area contributed by atoms with Gasteiger partial charge >= 0.3 is 6.03 Å². The fourth-order valence-electron chi connectivity index (χ4n) is 6.46. The molecule has 0 aliphatic carbocycles. The van der Waals surface area contributed by atoms with Crippen molar-refractivity contribution in [2.24, 2.45) is 0 Å². The number of H-pyrrole nitrogens is 1. The van der Waals surface area contributed by atoms with E-state index in [-0.39, 0.29) is 18.0 Å². The molecule has 1 aliphatic heterocycles. The number of anilines is 2. The van der Waals surface area contributed by atoms with Crippen LogP contribution in [0.5, 0.6) is 0 Å². The summed E-state index contributed by atoms with van der Waals surface area (Å²) >= 11 is 19.3. The van der Waals surface area contributed by atoms with Crippen LogP contribution in [0.15, 0.2) is 91.4 Å². The van der Waals surface area contributed by atoms with Crippen LogP contribution in [0.2, 0.25) is 15.1 Å². The average Bonchev–Trinajstić information content (AvgIpc) is 3.71. The monoisotopic (exact) mass is 740 g/mol. The van der Waals surface area contributed by atoms with Crippen molar-refractivity contribution in [2.45, 2.75) is 25.4 Å². The van der Waals surface area contributed by atoms with Gasteiger partial charge in [-0.2, -0.15) is 0 Å². The summed E-state index contributed by atoms with van der Waals surface area (Å²) in [6, 6.07) is 24.4. The number of carbonyl (C=O) groups is 2. The summed E-state index contributed by atoms with van der Waals surface area (Å²) in [6.45, 7) is 1.72. The third-order valence-electron chi connectivity index (χ3n) is 9.03. The summed E-state index contributed by atoms with van der Waals surface area (Å²) in [4.78, 5) is 43.3. The van der Waals surface area contributed by atoms with Crippen LogP contribution in [0.25, 0.3) is 33.4 Å². The van der Waals surface area contributed by atoms with Gasteiger partial charge in [-0.25, -0.2) is 14.8 Å². The molecule has 0 unspecified atom stereocenters. The van der Waals surface area contributed by atoms with E-state index in [4.69, 9.17) is 39.8 Å². The van der Waals surface area contributed by atoms with Crippen LogP contribution in [-0.4, -0.2) is 69.6 Å². The molecule has 0 atom stereocenters. The number of imidazole rings is 1. The summed E-state index contributed by atoms with van der Waals surface area (Å²) < 4.78 is 2.00. The SMILES string of the molecule is CN(C)C(=O)NC1CCN(c2ncccc2NC(=O)c2[nH]c3cc(Cl)ccc3c2-c2c(-c3ccccc3)ncn2Cc2ccc(Cl)cc2Cl)CC1. The van der Waals surface area contributed by atoms with E-state index in [9.17, 15) is 9.59 Å². The van der Waals surface area contributed by atoms with Gasteiger partial charge in [0.05, 0.1) is 29.9 Å². The summed E-state index contributed by atoms with van der Waals surface area (Å²) in [5, 5.41) is 8.64. The molecule has 260 valence electrons. The molecule has 3 aromatic carbocycles. The number of benzene rings is 3. The molecule has 7 rings (SSSR count). The number of fused-ring (bicyclic) bond motifs is 1. The van der Waals surface area contributed by atoms with Crippen LogP contribution in [-0.2, 0) is 6.54 Å². The lowest BCUT2D eigenvalue weighted by atomic mass is 10.0. The Labute approximate surface area is 310 Å². The van der Waals surface area contributed by atoms with Gasteiger partial charge in [-0.3, -0.25) is 4.79 Å². The predicted molar refractivity (Wildman–Crippen MR) is 205 cm³/mol. The number of aromatic nitrogens is 4. The Bertz CT molecular complexity index is 2230. The maximum absolute atomic E-state index is 14.5. The van der Waals surface area contributed by atoms with Crippen molar-refractivity contribution in [1.29, 1.82) is 0 Å². The van der Waals surface area contributed by atoms with E-state index in [1.54, 1.807) is 44.8 Å². The lowest BCUT2D eigenvalue weighted by Gasteiger charge is -2.34. The third kappa shape index (κ3) is 7.26. The molecule has 10 nitrogen and oxygen atoms in total. The summed E-state index contributed by atoms with van der Waals surface area (Å²) in [7, 11) is 3.46. The quantitative estimate of drug-likeness (QED) is 0.145. The van der Waals surface area contributed by atoms with E-state index in [0.29, 0.717) is 68.7 Å². The number of aromatic amines is 1. The number of hydrogen-bond acceptors (Lipinski definition) is 5. The van der Waals surface area contributed by atoms with E-state index in [1.165, 1.54) is 4.90 Å². The molecule has 3 amide bonds. The van der Waals surface area contributed by atoms with Crippen LogP contribution in [0, 0.1) is 0 Å². The van der Waals surface area contributed by atoms with Crippen LogP contribution in [0.1, 0.15) is 28.9 Å². The first-order valence-electron chi connectivity index (χ1n) is 16.5. The van der Waals surface area contributed by atoms with Crippen LogP contribution in [0.4, 0.5) is 16.3 Å². The van der Waals surface area contributed by atoms with Crippen LogP contribution < -0.4 is 15.5 Å². The highest BCUT2D eigenvalue weighted by Gasteiger charge is 2.28. The fraction of sp³-hybridized carbons (Fsp3) is 0.211. The molecule has 1 fully saturated rings. The van der Waals surface area contributed by atoms with Gasteiger partial charge in [-0.1, -0.05) is 77.3 Å². The van der Waals surface area contributed by atoms with Crippen molar-refractivity contribution in [3.05, 3.63) is 118 Å². The molecular weight excluding hydrogens is 707 g/mol. The van der Waals surface area contributed by atoms with Crippen LogP contribution in [0.3, 0.4) is 0 Å². The molecule has 1 saturated heterocycles. The molecule has 13 heteroatoms. The number of pyridine rings is 1.